The monoisotopic (exact) mass is 425 g/mol. The highest BCUT2D eigenvalue weighted by atomic mass is 14.8. The molecular weight excluding hydrogens is 390 g/mol. The molecule has 0 amide bonds. The quantitative estimate of drug-likeness (QED) is 0.353. The summed E-state index contributed by atoms with van der Waals surface area (Å²) in [5.41, 5.74) is 8.48. The van der Waals surface area contributed by atoms with Crippen LogP contribution in [0.15, 0.2) is 76.7 Å². The molecule has 0 spiro atoms. The van der Waals surface area contributed by atoms with Crippen molar-refractivity contribution in [2.75, 3.05) is 0 Å². The van der Waals surface area contributed by atoms with Crippen LogP contribution in [0, 0.1) is 0 Å². The van der Waals surface area contributed by atoms with E-state index in [4.69, 9.17) is 15.0 Å². The minimum Gasteiger partial charge on any atom is -0.280 e. The zero-order chi connectivity index (χ0) is 23.3. The summed E-state index contributed by atoms with van der Waals surface area (Å²) in [4.78, 5) is 14.9. The fourth-order valence-electron chi connectivity index (χ4n) is 3.87. The zero-order valence-electron chi connectivity index (χ0n) is 20.4. The van der Waals surface area contributed by atoms with Gasteiger partial charge in [-0.3, -0.25) is 9.98 Å². The van der Waals surface area contributed by atoms with Crippen LogP contribution in [-0.4, -0.2) is 16.4 Å². The molecule has 3 aromatic rings. The summed E-state index contributed by atoms with van der Waals surface area (Å²) in [5, 5.41) is 0. The summed E-state index contributed by atoms with van der Waals surface area (Å²) in [6.07, 6.45) is 0. The van der Waals surface area contributed by atoms with Crippen molar-refractivity contribution in [3.05, 3.63) is 94.8 Å². The topological polar surface area (TPSA) is 37.6 Å². The lowest BCUT2D eigenvalue weighted by Gasteiger charge is -2.17. The number of para-hydroxylation sites is 1. The Bertz CT molecular complexity index is 1080. The van der Waals surface area contributed by atoms with Crippen LogP contribution < -0.4 is 0 Å². The first kappa shape index (κ1) is 23.6. The molecule has 3 heteroatoms. The maximum Gasteiger partial charge on any atom is 0.0849 e. The van der Waals surface area contributed by atoms with Crippen LogP contribution in [0.1, 0.15) is 94.4 Å². The summed E-state index contributed by atoms with van der Waals surface area (Å²) in [7, 11) is 0. The molecular formula is C29H35N3. The molecule has 1 unspecified atom stereocenters. The Morgan fingerprint density at radius 1 is 0.656 bits per heavy atom. The van der Waals surface area contributed by atoms with E-state index in [1.165, 1.54) is 16.7 Å². The van der Waals surface area contributed by atoms with E-state index in [0.717, 1.165) is 28.5 Å². The van der Waals surface area contributed by atoms with Crippen LogP contribution in [0.4, 0.5) is 5.69 Å². The second-order valence-electron chi connectivity index (χ2n) is 9.00. The number of benzene rings is 2. The van der Waals surface area contributed by atoms with Gasteiger partial charge in [-0.15, -0.1) is 0 Å². The third-order valence-electron chi connectivity index (χ3n) is 5.78. The minimum atomic E-state index is 0.0861. The van der Waals surface area contributed by atoms with Crippen LogP contribution in [0.2, 0.25) is 0 Å². The van der Waals surface area contributed by atoms with Crippen LogP contribution in [0.5, 0.6) is 0 Å². The molecule has 166 valence electrons. The molecule has 32 heavy (non-hydrogen) atoms. The second kappa shape index (κ2) is 10.5. The van der Waals surface area contributed by atoms with E-state index in [-0.39, 0.29) is 6.04 Å². The van der Waals surface area contributed by atoms with Crippen molar-refractivity contribution in [3.63, 3.8) is 0 Å². The van der Waals surface area contributed by atoms with E-state index in [9.17, 15) is 0 Å². The predicted molar refractivity (Wildman–Crippen MR) is 138 cm³/mol. The van der Waals surface area contributed by atoms with Gasteiger partial charge in [0.05, 0.1) is 34.5 Å². The Labute approximate surface area is 193 Å². The number of rotatable bonds is 7. The molecule has 0 bridgehead atoms. The molecule has 0 aliphatic heterocycles. The first-order valence-electron chi connectivity index (χ1n) is 11.5. The summed E-state index contributed by atoms with van der Waals surface area (Å²) < 4.78 is 0. The molecule has 0 N–H and O–H groups in total. The van der Waals surface area contributed by atoms with Gasteiger partial charge in [0, 0.05) is 0 Å². The maximum absolute atomic E-state index is 5.09. The van der Waals surface area contributed by atoms with E-state index < -0.39 is 0 Å². The highest BCUT2D eigenvalue weighted by molar-refractivity contribution is 6.01. The first-order valence-corrected chi connectivity index (χ1v) is 11.5. The van der Waals surface area contributed by atoms with Crippen LogP contribution in [-0.2, 0) is 0 Å². The van der Waals surface area contributed by atoms with E-state index in [1.54, 1.807) is 0 Å². The molecule has 1 heterocycles. The number of pyridine rings is 1. The molecule has 0 radical (unpaired) electrons. The normalized spacial score (nSPS) is 13.7. The molecule has 1 aromatic heterocycles. The van der Waals surface area contributed by atoms with E-state index in [2.05, 4.69) is 77.1 Å². The van der Waals surface area contributed by atoms with Crippen molar-refractivity contribution in [2.45, 2.75) is 66.3 Å². The Kier molecular flexibility index (Phi) is 7.74. The Balaban J connectivity index is 1.97. The van der Waals surface area contributed by atoms with Gasteiger partial charge in [0.25, 0.3) is 0 Å². The van der Waals surface area contributed by atoms with Crippen molar-refractivity contribution in [1.29, 1.82) is 0 Å². The Morgan fingerprint density at radius 3 is 1.75 bits per heavy atom. The Morgan fingerprint density at radius 2 is 1.19 bits per heavy atom. The van der Waals surface area contributed by atoms with Gasteiger partial charge in [-0.25, -0.2) is 4.98 Å². The van der Waals surface area contributed by atoms with Gasteiger partial charge >= 0.3 is 0 Å². The summed E-state index contributed by atoms with van der Waals surface area (Å²) in [6, 6.07) is 23.1. The van der Waals surface area contributed by atoms with Crippen LogP contribution in [0.3, 0.4) is 0 Å². The molecule has 2 aromatic carbocycles. The fraction of sp³-hybridized carbons (Fsp3) is 0.345. The second-order valence-corrected chi connectivity index (χ2v) is 9.00. The highest BCUT2D eigenvalue weighted by Crippen LogP contribution is 2.35. The van der Waals surface area contributed by atoms with E-state index in [1.807, 2.05) is 38.1 Å². The summed E-state index contributed by atoms with van der Waals surface area (Å²) >= 11 is 0. The van der Waals surface area contributed by atoms with Crippen LogP contribution >= 0.6 is 0 Å². The lowest BCUT2D eigenvalue weighted by atomic mass is 9.93. The summed E-state index contributed by atoms with van der Waals surface area (Å²) in [5.74, 6) is 0.821. The van der Waals surface area contributed by atoms with Gasteiger partial charge in [0.1, 0.15) is 0 Å². The largest absolute Gasteiger partial charge is 0.280 e. The Hall–Kier alpha value is -3.07. The van der Waals surface area contributed by atoms with Crippen LogP contribution in [0.25, 0.3) is 0 Å². The van der Waals surface area contributed by atoms with Gasteiger partial charge in [-0.1, -0.05) is 82.3 Å². The lowest BCUT2D eigenvalue weighted by molar-refractivity contribution is 0.818. The van der Waals surface area contributed by atoms with Gasteiger partial charge in [-0.05, 0) is 61.4 Å². The third-order valence-corrected chi connectivity index (χ3v) is 5.78. The number of aliphatic imine (C=N–C) groups is 2. The minimum absolute atomic E-state index is 0.0861. The van der Waals surface area contributed by atoms with Gasteiger partial charge in [0.2, 0.25) is 0 Å². The summed E-state index contributed by atoms with van der Waals surface area (Å²) in [6.45, 7) is 15.1. The third kappa shape index (κ3) is 5.59. The highest BCUT2D eigenvalue weighted by Gasteiger charge is 2.14. The smallest absolute Gasteiger partial charge is 0.0849 e. The average Bonchev–Trinajstić information content (AvgIpc) is 2.79. The molecule has 0 aliphatic rings. The first-order chi connectivity index (χ1) is 15.3. The predicted octanol–water partition coefficient (Wildman–Crippen LogP) is 8.04. The molecule has 0 saturated heterocycles. The average molecular weight is 426 g/mol. The van der Waals surface area contributed by atoms with Crippen molar-refractivity contribution in [2.24, 2.45) is 9.98 Å². The van der Waals surface area contributed by atoms with Crippen molar-refractivity contribution >= 4 is 17.1 Å². The van der Waals surface area contributed by atoms with Crippen molar-refractivity contribution in [1.82, 2.24) is 4.98 Å². The van der Waals surface area contributed by atoms with Gasteiger partial charge in [0.15, 0.2) is 0 Å². The standard InChI is InChI=1S/C29H35N3/c1-19(2)25-15-11-16-26(20(3)4)29(25)31-23(7)28-18-12-17-27(32-28)22(6)30-21(5)24-13-9-8-10-14-24/h8-21H,1-7H3. The molecule has 1 atom stereocenters. The number of nitrogens with zero attached hydrogens (tertiary/aromatic N) is 3. The molecule has 0 fully saturated rings. The maximum atomic E-state index is 5.09. The van der Waals surface area contributed by atoms with E-state index in [0.29, 0.717) is 11.8 Å². The number of hydrogen-bond donors (Lipinski definition) is 0. The molecule has 3 nitrogen and oxygen atoms in total. The van der Waals surface area contributed by atoms with Gasteiger partial charge in [-0.2, -0.15) is 0 Å². The van der Waals surface area contributed by atoms with E-state index >= 15 is 0 Å². The molecule has 3 rings (SSSR count). The van der Waals surface area contributed by atoms with Gasteiger partial charge < -0.3 is 0 Å². The number of aromatic nitrogens is 1. The van der Waals surface area contributed by atoms with Crippen molar-refractivity contribution in [3.8, 4) is 0 Å². The fourth-order valence-corrected chi connectivity index (χ4v) is 3.87. The molecule has 0 aliphatic carbocycles. The lowest BCUT2D eigenvalue weighted by Crippen LogP contribution is -2.07. The molecule has 0 saturated carbocycles. The zero-order valence-corrected chi connectivity index (χ0v) is 20.4. The SMILES string of the molecule is CC(=Nc1c(C(C)C)cccc1C(C)C)c1cccc(C(C)=NC(C)c2ccccc2)n1. The number of hydrogen-bond acceptors (Lipinski definition) is 3. The van der Waals surface area contributed by atoms with Crippen molar-refractivity contribution < 1.29 is 0 Å².